The van der Waals surface area contributed by atoms with Crippen LogP contribution in [-0.2, 0) is 140 Å². The largest absolute Gasteiger partial charge is 0.454 e. The molecule has 3 aliphatic rings. The second-order valence-electron chi connectivity index (χ2n) is 25.6. The minimum Gasteiger partial charge on any atom is -0.454 e. The maximum Gasteiger partial charge on any atom is 0.303 e. The molecule has 12 rings (SSSR count). The number of esters is 1. The van der Waals surface area contributed by atoms with Crippen LogP contribution in [-0.4, -0.2) is 125 Å². The standard InChI is InChI=1S/C86H92O17/c1-3-49-91-84-81(78(95-56-69-43-25-10-26-44-69)75(92-53-66-37-19-7-20-38-66)72(99-84)59-88-50-63-31-13-4-14-32-63)102-86-83(80(97-58-71-47-29-12-30-48-71)77(94-55-68-41-23-9-24-42-68)74(101-86)61-90-52-65-35-17-6-18-36-65)103-85-82(98-62(2)87)79(96-57-70-45-27-11-28-46-70)76(93-54-67-39-21-8-22-40-67)73(100-85)60-89-51-64-33-15-5-16-34-64/h3-48,72-86H,1,49-61H2,2H3/t72-,73-,74-,75-,76-,77-,78+,79+,80+,81+,82-,83+,84+,85+,86-/m1/s1. The second kappa shape index (κ2) is 40.0. The van der Waals surface area contributed by atoms with E-state index in [1.54, 1.807) is 6.08 Å². The molecule has 0 unspecified atom stereocenters. The number of hydrogen-bond acceptors (Lipinski definition) is 17. The van der Waals surface area contributed by atoms with Crippen molar-refractivity contribution >= 4 is 5.97 Å². The molecule has 0 bridgehead atoms. The molecule has 9 aromatic rings. The molecule has 3 saturated heterocycles. The third-order valence-corrected chi connectivity index (χ3v) is 17.9. The summed E-state index contributed by atoms with van der Waals surface area (Å²) in [5, 5.41) is 0. The van der Waals surface area contributed by atoms with E-state index in [0.29, 0.717) is 0 Å². The number of carbonyl (C=O) groups excluding carboxylic acids is 1. The highest BCUT2D eigenvalue weighted by Gasteiger charge is 2.58. The highest BCUT2D eigenvalue weighted by Crippen LogP contribution is 2.40. The number of hydrogen-bond donors (Lipinski definition) is 0. The third kappa shape index (κ3) is 22.3. The van der Waals surface area contributed by atoms with E-state index in [2.05, 4.69) is 6.58 Å². The number of ether oxygens (including phenoxy) is 16. The lowest BCUT2D eigenvalue weighted by molar-refractivity contribution is -0.404. The highest BCUT2D eigenvalue weighted by molar-refractivity contribution is 5.66. The summed E-state index contributed by atoms with van der Waals surface area (Å²) < 4.78 is 114. The van der Waals surface area contributed by atoms with Crippen molar-refractivity contribution in [3.8, 4) is 0 Å². The predicted octanol–water partition coefficient (Wildman–Crippen LogP) is 14.2. The summed E-state index contributed by atoms with van der Waals surface area (Å²) in [6.07, 6.45) is -15.2. The van der Waals surface area contributed by atoms with Gasteiger partial charge in [-0.2, -0.15) is 0 Å². The first-order chi connectivity index (χ1) is 50.9. The molecule has 103 heavy (non-hydrogen) atoms. The Hall–Kier alpha value is -8.41. The van der Waals surface area contributed by atoms with Gasteiger partial charge in [0.05, 0.1) is 85.9 Å². The van der Waals surface area contributed by atoms with Crippen LogP contribution in [0.25, 0.3) is 0 Å². The van der Waals surface area contributed by atoms with Crippen LogP contribution in [0.5, 0.6) is 0 Å². The van der Waals surface area contributed by atoms with Crippen molar-refractivity contribution in [1.29, 1.82) is 0 Å². The Morgan fingerprint density at radius 1 is 0.291 bits per heavy atom. The van der Waals surface area contributed by atoms with Crippen LogP contribution in [0.3, 0.4) is 0 Å². The number of carbonyl (C=O) groups is 1. The average Bonchev–Trinajstić information content (AvgIpc) is 0.761. The lowest BCUT2D eigenvalue weighted by Crippen LogP contribution is -2.68. The molecule has 0 aromatic heterocycles. The van der Waals surface area contributed by atoms with E-state index in [4.69, 9.17) is 75.8 Å². The van der Waals surface area contributed by atoms with E-state index in [1.165, 1.54) is 6.92 Å². The van der Waals surface area contributed by atoms with Gasteiger partial charge < -0.3 is 75.8 Å². The number of benzene rings is 9. The molecule has 0 radical (unpaired) electrons. The van der Waals surface area contributed by atoms with Gasteiger partial charge in [-0.05, 0) is 50.1 Å². The first-order valence-corrected chi connectivity index (χ1v) is 35.3. The summed E-state index contributed by atoms with van der Waals surface area (Å²) in [5.41, 5.74) is 8.15. The molecule has 3 heterocycles. The van der Waals surface area contributed by atoms with Crippen molar-refractivity contribution in [2.45, 2.75) is 159 Å². The van der Waals surface area contributed by atoms with Crippen molar-refractivity contribution in [2.75, 3.05) is 26.4 Å². The van der Waals surface area contributed by atoms with Gasteiger partial charge in [0.1, 0.15) is 67.1 Å². The normalized spacial score (nSPS) is 24.8. The van der Waals surface area contributed by atoms with E-state index in [-0.39, 0.29) is 85.9 Å². The third-order valence-electron chi connectivity index (χ3n) is 17.9. The highest BCUT2D eigenvalue weighted by atomic mass is 16.8. The smallest absolute Gasteiger partial charge is 0.303 e. The van der Waals surface area contributed by atoms with Crippen LogP contribution in [0.4, 0.5) is 0 Å². The number of rotatable bonds is 38. The van der Waals surface area contributed by atoms with E-state index in [1.807, 2.05) is 273 Å². The molecule has 9 aromatic carbocycles. The van der Waals surface area contributed by atoms with E-state index >= 15 is 0 Å². The Bertz CT molecular complexity index is 3820. The molecule has 0 N–H and O–H groups in total. The maximum absolute atomic E-state index is 14.1. The zero-order valence-corrected chi connectivity index (χ0v) is 58.1. The van der Waals surface area contributed by atoms with Crippen molar-refractivity contribution < 1.29 is 80.6 Å². The van der Waals surface area contributed by atoms with Gasteiger partial charge in [-0.15, -0.1) is 6.58 Å². The summed E-state index contributed by atoms with van der Waals surface area (Å²) in [5.74, 6) is -0.635. The summed E-state index contributed by atoms with van der Waals surface area (Å²) in [6.45, 7) is 6.93. The Morgan fingerprint density at radius 3 is 0.777 bits per heavy atom. The molecule has 0 aliphatic carbocycles. The Balaban J connectivity index is 0.997. The quantitative estimate of drug-likeness (QED) is 0.0265. The van der Waals surface area contributed by atoms with Gasteiger partial charge in [-0.25, -0.2) is 0 Å². The molecular weight excluding hydrogens is 1300 g/mol. The van der Waals surface area contributed by atoms with Crippen LogP contribution >= 0.6 is 0 Å². The molecule has 0 amide bonds. The topological polar surface area (TPSA) is 165 Å². The summed E-state index contributed by atoms with van der Waals surface area (Å²) >= 11 is 0. The van der Waals surface area contributed by atoms with Crippen LogP contribution in [0.15, 0.2) is 286 Å². The van der Waals surface area contributed by atoms with Gasteiger partial charge in [-0.3, -0.25) is 4.79 Å². The lowest BCUT2D eigenvalue weighted by atomic mass is 9.95. The van der Waals surface area contributed by atoms with Crippen LogP contribution < -0.4 is 0 Å². The van der Waals surface area contributed by atoms with Gasteiger partial charge in [-0.1, -0.05) is 279 Å². The minimum atomic E-state index is -1.50. The molecule has 3 fully saturated rings. The van der Waals surface area contributed by atoms with Gasteiger partial charge in [0.15, 0.2) is 25.0 Å². The van der Waals surface area contributed by atoms with E-state index < -0.39 is 98.1 Å². The minimum absolute atomic E-state index is 0.0199. The zero-order chi connectivity index (χ0) is 70.5. The zero-order valence-electron chi connectivity index (χ0n) is 58.1. The molecular formula is C86H92O17. The van der Waals surface area contributed by atoms with Crippen LogP contribution in [0.2, 0.25) is 0 Å². The van der Waals surface area contributed by atoms with Crippen molar-refractivity contribution in [1.82, 2.24) is 0 Å². The van der Waals surface area contributed by atoms with E-state index in [9.17, 15) is 4.79 Å². The molecule has 3 aliphatic heterocycles. The van der Waals surface area contributed by atoms with Gasteiger partial charge in [0, 0.05) is 6.92 Å². The Labute approximate surface area is 604 Å². The monoisotopic (exact) mass is 1400 g/mol. The van der Waals surface area contributed by atoms with E-state index in [0.717, 1.165) is 50.1 Å². The summed E-state index contributed by atoms with van der Waals surface area (Å²) in [4.78, 5) is 14.1. The SMILES string of the molecule is C=CCO[C@H]1O[C@H](COCc2ccccc2)[C@@H](OCc2ccccc2)[C@H](OCc2ccccc2)[C@@H]1O[C@H]1O[C@H](COCc2ccccc2)[C@@H](OCc2ccccc2)[C@H](OCc2ccccc2)[C@@H]1O[C@@H]1O[C@H](COCc2ccccc2)[C@@H](OCc2ccccc2)[C@H](OCc2ccccc2)[C@H]1OC(C)=O. The van der Waals surface area contributed by atoms with Crippen molar-refractivity contribution in [3.05, 3.63) is 336 Å². The molecule has 0 spiro atoms. The fraction of sp³-hybridized carbons (Fsp3) is 0.337. The maximum atomic E-state index is 14.1. The first kappa shape index (κ1) is 74.3. The summed E-state index contributed by atoms with van der Waals surface area (Å²) in [7, 11) is 0. The molecule has 15 atom stereocenters. The predicted molar refractivity (Wildman–Crippen MR) is 386 cm³/mol. The van der Waals surface area contributed by atoms with Gasteiger partial charge in [0.2, 0.25) is 0 Å². The van der Waals surface area contributed by atoms with Crippen molar-refractivity contribution in [2.24, 2.45) is 0 Å². The van der Waals surface area contributed by atoms with Crippen molar-refractivity contribution in [3.63, 3.8) is 0 Å². The van der Waals surface area contributed by atoms with Crippen LogP contribution in [0, 0.1) is 0 Å². The Morgan fingerprint density at radius 2 is 0.515 bits per heavy atom. The molecule has 538 valence electrons. The molecule has 17 nitrogen and oxygen atoms in total. The van der Waals surface area contributed by atoms with Gasteiger partial charge in [0.25, 0.3) is 0 Å². The summed E-state index contributed by atoms with van der Waals surface area (Å²) in [6, 6.07) is 88.8. The molecule has 17 heteroatoms. The fourth-order valence-electron chi connectivity index (χ4n) is 12.8. The lowest BCUT2D eigenvalue weighted by Gasteiger charge is -2.52. The second-order valence-corrected chi connectivity index (χ2v) is 25.6. The average molecular weight is 1400 g/mol. The first-order valence-electron chi connectivity index (χ1n) is 35.3. The fourth-order valence-corrected chi connectivity index (χ4v) is 12.8. The van der Waals surface area contributed by atoms with Crippen LogP contribution in [0.1, 0.15) is 57.0 Å². The van der Waals surface area contributed by atoms with Gasteiger partial charge >= 0.3 is 5.97 Å². The molecule has 0 saturated carbocycles. The Kier molecular flexibility index (Phi) is 28.9.